The molecule has 0 unspecified atom stereocenters. The molecule has 1 aromatic heterocycles. The van der Waals surface area contributed by atoms with E-state index in [1.54, 1.807) is 12.1 Å². The molecule has 4 aromatic rings. The van der Waals surface area contributed by atoms with E-state index in [4.69, 9.17) is 0 Å². The first-order valence-electron chi connectivity index (χ1n) is 12.3. The molecular formula is C30H28F4N2O. The number of nitrogens with zero attached hydrogens (tertiary/aromatic N) is 2. The SMILES string of the molecule is C/C=C/CCc1cnc(CCc2ccc3c(F)c(CCc4ccc(OC(F)F)c(F)c4)ccc3c2)nc1. The van der Waals surface area contributed by atoms with E-state index in [0.717, 1.165) is 47.7 Å². The van der Waals surface area contributed by atoms with Crippen molar-refractivity contribution >= 4 is 10.8 Å². The van der Waals surface area contributed by atoms with Crippen LogP contribution in [0.1, 0.15) is 41.4 Å². The highest BCUT2D eigenvalue weighted by Gasteiger charge is 2.12. The Morgan fingerprint density at radius 3 is 2.27 bits per heavy atom. The number of allylic oxidation sites excluding steroid dienone is 2. The average Bonchev–Trinajstić information content (AvgIpc) is 2.89. The molecule has 0 aliphatic rings. The molecule has 0 saturated carbocycles. The third kappa shape index (κ3) is 7.15. The number of rotatable bonds is 11. The zero-order valence-corrected chi connectivity index (χ0v) is 20.6. The number of alkyl halides is 2. The van der Waals surface area contributed by atoms with E-state index in [1.165, 1.54) is 12.1 Å². The molecule has 0 N–H and O–H groups in total. The predicted molar refractivity (Wildman–Crippen MR) is 137 cm³/mol. The Balaban J connectivity index is 1.37. The minimum Gasteiger partial charge on any atom is -0.432 e. The van der Waals surface area contributed by atoms with Gasteiger partial charge in [0.25, 0.3) is 0 Å². The molecule has 37 heavy (non-hydrogen) atoms. The van der Waals surface area contributed by atoms with Crippen LogP contribution in [0, 0.1) is 11.6 Å². The number of hydrogen-bond donors (Lipinski definition) is 0. The Morgan fingerprint density at radius 2 is 1.54 bits per heavy atom. The van der Waals surface area contributed by atoms with Gasteiger partial charge in [-0.2, -0.15) is 8.78 Å². The molecule has 0 radical (unpaired) electrons. The summed E-state index contributed by atoms with van der Waals surface area (Å²) in [5.74, 6) is -0.897. The zero-order valence-electron chi connectivity index (χ0n) is 20.6. The minimum absolute atomic E-state index is 0.306. The van der Waals surface area contributed by atoms with Crippen LogP contribution >= 0.6 is 0 Å². The monoisotopic (exact) mass is 508 g/mol. The van der Waals surface area contributed by atoms with E-state index in [0.29, 0.717) is 35.8 Å². The lowest BCUT2D eigenvalue weighted by Gasteiger charge is -2.10. The van der Waals surface area contributed by atoms with E-state index in [1.807, 2.05) is 43.6 Å². The van der Waals surface area contributed by atoms with E-state index in [-0.39, 0.29) is 5.82 Å². The molecule has 0 fully saturated rings. The van der Waals surface area contributed by atoms with Gasteiger partial charge < -0.3 is 4.74 Å². The maximum Gasteiger partial charge on any atom is 0.387 e. The summed E-state index contributed by atoms with van der Waals surface area (Å²) >= 11 is 0. The van der Waals surface area contributed by atoms with Crippen molar-refractivity contribution in [1.29, 1.82) is 0 Å². The van der Waals surface area contributed by atoms with Gasteiger partial charge in [0.15, 0.2) is 11.6 Å². The normalized spacial score (nSPS) is 11.6. The first-order chi connectivity index (χ1) is 17.9. The number of hydrogen-bond acceptors (Lipinski definition) is 3. The molecule has 7 heteroatoms. The summed E-state index contributed by atoms with van der Waals surface area (Å²) in [5.41, 5.74) is 3.27. The molecule has 0 saturated heterocycles. The van der Waals surface area contributed by atoms with Gasteiger partial charge in [-0.15, -0.1) is 0 Å². The van der Waals surface area contributed by atoms with Gasteiger partial charge in [0.2, 0.25) is 0 Å². The minimum atomic E-state index is -3.09. The smallest absolute Gasteiger partial charge is 0.387 e. The summed E-state index contributed by atoms with van der Waals surface area (Å²) in [5, 5.41) is 1.33. The van der Waals surface area contributed by atoms with Crippen LogP contribution in [0.3, 0.4) is 0 Å². The lowest BCUT2D eigenvalue weighted by atomic mass is 9.98. The maximum atomic E-state index is 15.2. The Morgan fingerprint density at radius 1 is 0.811 bits per heavy atom. The van der Waals surface area contributed by atoms with Crippen molar-refractivity contribution in [3.05, 3.63) is 113 Å². The van der Waals surface area contributed by atoms with Crippen molar-refractivity contribution in [1.82, 2.24) is 9.97 Å². The second kappa shape index (κ2) is 12.5. The predicted octanol–water partition coefficient (Wildman–Crippen LogP) is 7.59. The van der Waals surface area contributed by atoms with Gasteiger partial charge >= 0.3 is 6.61 Å². The molecule has 0 atom stereocenters. The highest BCUT2D eigenvalue weighted by Crippen LogP contribution is 2.25. The molecule has 3 aromatic carbocycles. The Hall–Kier alpha value is -3.74. The standard InChI is InChI=1S/C30H28F4N2O/c1-2-3-4-5-22-18-35-28(36-19-22)15-9-20-7-13-25-24(16-20)12-11-23(29(25)32)10-6-21-8-14-27(26(31)17-21)37-30(33)34/h2-3,7-8,11-14,16-19,30H,4-6,9-10,15H2,1H3/b3-2+. The molecule has 0 spiro atoms. The van der Waals surface area contributed by atoms with Gasteiger partial charge in [-0.25, -0.2) is 18.7 Å². The van der Waals surface area contributed by atoms with Crippen LogP contribution in [-0.4, -0.2) is 16.6 Å². The lowest BCUT2D eigenvalue weighted by Crippen LogP contribution is -2.04. The van der Waals surface area contributed by atoms with Crippen molar-refractivity contribution in [2.45, 2.75) is 52.1 Å². The van der Waals surface area contributed by atoms with Crippen LogP contribution in [0.2, 0.25) is 0 Å². The number of ether oxygens (including phenoxy) is 1. The number of benzene rings is 3. The fourth-order valence-electron chi connectivity index (χ4n) is 4.22. The lowest BCUT2D eigenvalue weighted by molar-refractivity contribution is -0.0522. The van der Waals surface area contributed by atoms with Crippen LogP contribution < -0.4 is 4.74 Å². The molecule has 4 rings (SSSR count). The largest absolute Gasteiger partial charge is 0.432 e. The Bertz CT molecular complexity index is 1370. The number of fused-ring (bicyclic) bond motifs is 1. The summed E-state index contributed by atoms with van der Waals surface area (Å²) in [7, 11) is 0. The second-order valence-electron chi connectivity index (χ2n) is 8.85. The Labute approximate surface area is 213 Å². The fourth-order valence-corrected chi connectivity index (χ4v) is 4.22. The van der Waals surface area contributed by atoms with Gasteiger partial charge in [0, 0.05) is 24.2 Å². The van der Waals surface area contributed by atoms with Gasteiger partial charge in [0.05, 0.1) is 0 Å². The maximum absolute atomic E-state index is 15.2. The summed E-state index contributed by atoms with van der Waals surface area (Å²) in [6, 6.07) is 13.1. The van der Waals surface area contributed by atoms with Gasteiger partial charge in [-0.1, -0.05) is 48.6 Å². The average molecular weight is 509 g/mol. The molecule has 3 nitrogen and oxygen atoms in total. The molecule has 0 aliphatic carbocycles. The Kier molecular flexibility index (Phi) is 8.88. The van der Waals surface area contributed by atoms with Gasteiger partial charge in [0.1, 0.15) is 11.6 Å². The molecule has 0 bridgehead atoms. The zero-order chi connectivity index (χ0) is 26.2. The van der Waals surface area contributed by atoms with Crippen molar-refractivity contribution < 1.29 is 22.3 Å². The molecule has 0 aliphatic heterocycles. The van der Waals surface area contributed by atoms with Crippen LogP contribution in [0.15, 0.2) is 73.1 Å². The van der Waals surface area contributed by atoms with E-state index in [9.17, 15) is 13.2 Å². The summed E-state index contributed by atoms with van der Waals surface area (Å²) in [6.45, 7) is -1.09. The van der Waals surface area contributed by atoms with E-state index in [2.05, 4.69) is 20.8 Å². The number of aryl methyl sites for hydroxylation is 5. The van der Waals surface area contributed by atoms with Crippen molar-refractivity contribution in [3.63, 3.8) is 0 Å². The summed E-state index contributed by atoms with van der Waals surface area (Å²) in [6.07, 6.45) is 11.9. The second-order valence-corrected chi connectivity index (χ2v) is 8.85. The number of halogens is 4. The molecular weight excluding hydrogens is 480 g/mol. The summed E-state index contributed by atoms with van der Waals surface area (Å²) < 4.78 is 57.9. The first kappa shape index (κ1) is 26.3. The highest BCUT2D eigenvalue weighted by molar-refractivity contribution is 5.84. The van der Waals surface area contributed by atoms with E-state index >= 15 is 4.39 Å². The molecule has 1 heterocycles. The van der Waals surface area contributed by atoms with Crippen LogP contribution in [0.25, 0.3) is 10.8 Å². The highest BCUT2D eigenvalue weighted by atomic mass is 19.3. The van der Waals surface area contributed by atoms with Gasteiger partial charge in [-0.3, -0.25) is 0 Å². The van der Waals surface area contributed by atoms with E-state index < -0.39 is 18.2 Å². The number of aromatic nitrogens is 2. The molecule has 0 amide bonds. The third-order valence-corrected chi connectivity index (χ3v) is 6.23. The molecule has 192 valence electrons. The van der Waals surface area contributed by atoms with Crippen molar-refractivity contribution in [2.75, 3.05) is 0 Å². The first-order valence-corrected chi connectivity index (χ1v) is 12.3. The van der Waals surface area contributed by atoms with Crippen LogP contribution in [0.4, 0.5) is 17.6 Å². The van der Waals surface area contributed by atoms with Crippen LogP contribution in [0.5, 0.6) is 5.75 Å². The fraction of sp³-hybridized carbons (Fsp3) is 0.267. The third-order valence-electron chi connectivity index (χ3n) is 6.23. The van der Waals surface area contributed by atoms with Crippen LogP contribution in [-0.2, 0) is 32.1 Å². The van der Waals surface area contributed by atoms with Crippen molar-refractivity contribution in [3.8, 4) is 5.75 Å². The quantitative estimate of drug-likeness (QED) is 0.155. The summed E-state index contributed by atoms with van der Waals surface area (Å²) in [4.78, 5) is 8.94. The van der Waals surface area contributed by atoms with Crippen molar-refractivity contribution in [2.24, 2.45) is 0 Å². The van der Waals surface area contributed by atoms with Gasteiger partial charge in [-0.05, 0) is 78.8 Å². The topological polar surface area (TPSA) is 35.0 Å².